The predicted molar refractivity (Wildman–Crippen MR) is 206 cm³/mol. The standard InChI is InChI=1S/C42H46N4O6S/c1-41(2,3)37(43-40(49)52-4)38(47)44-45(26-29-18-20-31(21-19-29)36-24-32-15-9-11-17-35(32)53-36)27-42(50,25-28-12-6-5-7-13-28)39(48)46(51)34-23-22-30-14-8-10-16-33(30)34/h5-21,24,34,37,50-51H,22-23,25-27H2,1-4H3,(H,43,49)(H,44,47)/t34?,37-,42+/m1/s1. The second-order valence-corrected chi connectivity index (χ2v) is 15.8. The second kappa shape index (κ2) is 15.9. The van der Waals surface area contributed by atoms with E-state index in [9.17, 15) is 24.7 Å². The average Bonchev–Trinajstić information content (AvgIpc) is 3.78. The monoisotopic (exact) mass is 734 g/mol. The van der Waals surface area contributed by atoms with E-state index in [0.717, 1.165) is 27.1 Å². The van der Waals surface area contributed by atoms with E-state index in [1.54, 1.807) is 23.5 Å². The maximum Gasteiger partial charge on any atom is 0.407 e. The SMILES string of the molecule is COC(=O)N[C@H](C(=O)NN(Cc1ccc(-c2cc3ccccc3s2)cc1)C[C@@](O)(Cc1ccccc1)C(=O)N(O)C1CCc2ccccc21)C(C)(C)C. The number of aliphatic hydroxyl groups is 1. The molecule has 1 aliphatic carbocycles. The summed E-state index contributed by atoms with van der Waals surface area (Å²) in [6.45, 7) is 5.13. The lowest BCUT2D eigenvalue weighted by Crippen LogP contribution is -2.62. The summed E-state index contributed by atoms with van der Waals surface area (Å²) in [6, 6.07) is 33.3. The maximum atomic E-state index is 14.4. The Kier molecular flexibility index (Phi) is 11.3. The van der Waals surface area contributed by atoms with Gasteiger partial charge in [-0.3, -0.25) is 20.2 Å². The number of carbonyl (C=O) groups is 3. The number of hydrogen-bond acceptors (Lipinski definition) is 8. The van der Waals surface area contributed by atoms with Crippen molar-refractivity contribution >= 4 is 39.3 Å². The summed E-state index contributed by atoms with van der Waals surface area (Å²) in [5.41, 5.74) is 4.34. The summed E-state index contributed by atoms with van der Waals surface area (Å²) in [5, 5.41) is 29.9. The molecule has 6 rings (SSSR count). The van der Waals surface area contributed by atoms with Crippen LogP contribution in [-0.4, -0.2) is 63.6 Å². The number of hydrazine groups is 1. The molecule has 1 heterocycles. The highest BCUT2D eigenvalue weighted by Crippen LogP contribution is 2.37. The van der Waals surface area contributed by atoms with Crippen molar-refractivity contribution in [2.24, 2.45) is 5.41 Å². The molecule has 53 heavy (non-hydrogen) atoms. The van der Waals surface area contributed by atoms with E-state index in [-0.39, 0.29) is 19.5 Å². The number of hydrogen-bond donors (Lipinski definition) is 4. The largest absolute Gasteiger partial charge is 0.453 e. The number of benzene rings is 4. The smallest absolute Gasteiger partial charge is 0.407 e. The van der Waals surface area contributed by atoms with Crippen molar-refractivity contribution in [2.45, 2.75) is 64.3 Å². The summed E-state index contributed by atoms with van der Waals surface area (Å²) in [6.07, 6.45) is 0.274. The Labute approximate surface area is 313 Å². The molecule has 276 valence electrons. The van der Waals surface area contributed by atoms with E-state index >= 15 is 0 Å². The van der Waals surface area contributed by atoms with Gasteiger partial charge >= 0.3 is 6.09 Å². The third-order valence-electron chi connectivity index (χ3n) is 9.68. The molecule has 3 amide bonds. The quantitative estimate of drug-likeness (QED) is 0.0798. The zero-order valence-electron chi connectivity index (χ0n) is 30.4. The van der Waals surface area contributed by atoms with Gasteiger partial charge in [-0.25, -0.2) is 14.9 Å². The lowest BCUT2D eigenvalue weighted by atomic mass is 9.86. The molecule has 0 fully saturated rings. The molecular weight excluding hydrogens is 689 g/mol. The zero-order valence-corrected chi connectivity index (χ0v) is 31.2. The van der Waals surface area contributed by atoms with E-state index in [0.29, 0.717) is 23.5 Å². The van der Waals surface area contributed by atoms with Crippen molar-refractivity contribution in [3.63, 3.8) is 0 Å². The number of rotatable bonds is 12. The number of aryl methyl sites for hydroxylation is 1. The molecule has 0 radical (unpaired) electrons. The van der Waals surface area contributed by atoms with Crippen LogP contribution >= 0.6 is 11.3 Å². The van der Waals surface area contributed by atoms with E-state index in [2.05, 4.69) is 28.9 Å². The molecule has 1 aliphatic rings. The first-order valence-corrected chi connectivity index (χ1v) is 18.5. The zero-order chi connectivity index (χ0) is 37.8. The van der Waals surface area contributed by atoms with Crippen LogP contribution in [0.25, 0.3) is 20.5 Å². The number of carbonyl (C=O) groups excluding carboxylic acids is 3. The summed E-state index contributed by atoms with van der Waals surface area (Å²) in [7, 11) is 1.22. The molecule has 3 atom stereocenters. The molecule has 11 heteroatoms. The molecule has 5 aromatic rings. The van der Waals surface area contributed by atoms with Crippen molar-refractivity contribution in [2.75, 3.05) is 13.7 Å². The fourth-order valence-electron chi connectivity index (χ4n) is 6.92. The molecule has 0 aliphatic heterocycles. The van der Waals surface area contributed by atoms with Gasteiger partial charge in [0, 0.05) is 22.5 Å². The van der Waals surface area contributed by atoms with Crippen LogP contribution in [0.15, 0.2) is 109 Å². The third kappa shape index (κ3) is 8.77. The number of hydroxylamine groups is 2. The molecule has 10 nitrogen and oxygen atoms in total. The number of thiophene rings is 1. The lowest BCUT2D eigenvalue weighted by molar-refractivity contribution is -0.199. The summed E-state index contributed by atoms with van der Waals surface area (Å²) in [5.74, 6) is -1.45. The lowest BCUT2D eigenvalue weighted by Gasteiger charge is -2.38. The Morgan fingerprint density at radius 1 is 0.906 bits per heavy atom. The van der Waals surface area contributed by atoms with Crippen molar-refractivity contribution in [1.82, 2.24) is 20.8 Å². The molecule has 1 unspecified atom stereocenters. The van der Waals surface area contributed by atoms with Crippen molar-refractivity contribution in [3.8, 4) is 10.4 Å². The van der Waals surface area contributed by atoms with Crippen LogP contribution in [0.3, 0.4) is 0 Å². The minimum Gasteiger partial charge on any atom is -0.453 e. The van der Waals surface area contributed by atoms with Crippen molar-refractivity contribution in [1.29, 1.82) is 0 Å². The van der Waals surface area contributed by atoms with Crippen molar-refractivity contribution in [3.05, 3.63) is 131 Å². The van der Waals surface area contributed by atoms with Gasteiger partial charge in [-0.15, -0.1) is 11.3 Å². The number of nitrogens with zero attached hydrogens (tertiary/aromatic N) is 2. The number of alkyl carbamates (subject to hydrolysis) is 1. The summed E-state index contributed by atoms with van der Waals surface area (Å²) in [4.78, 5) is 41.9. The van der Waals surface area contributed by atoms with Gasteiger partial charge in [0.15, 0.2) is 5.60 Å². The number of amides is 3. The molecular formula is C42H46N4O6S. The minimum atomic E-state index is -2.19. The number of nitrogens with one attached hydrogen (secondary N) is 2. The van der Waals surface area contributed by atoms with Gasteiger partial charge in [0.25, 0.3) is 11.8 Å². The van der Waals surface area contributed by atoms with Gasteiger partial charge in [-0.2, -0.15) is 0 Å². The van der Waals surface area contributed by atoms with Gasteiger partial charge in [0.05, 0.1) is 19.7 Å². The molecule has 0 spiro atoms. The molecule has 0 saturated heterocycles. The van der Waals surface area contributed by atoms with E-state index in [1.807, 2.05) is 99.6 Å². The van der Waals surface area contributed by atoms with Gasteiger partial charge in [-0.1, -0.05) is 118 Å². The van der Waals surface area contributed by atoms with Crippen LogP contribution in [-0.2, 0) is 33.7 Å². The first-order valence-electron chi connectivity index (χ1n) is 17.7. The van der Waals surface area contributed by atoms with Crippen LogP contribution in [0.4, 0.5) is 4.79 Å². The van der Waals surface area contributed by atoms with Gasteiger partial charge in [-0.05, 0) is 63.6 Å². The fourth-order valence-corrected chi connectivity index (χ4v) is 7.99. The first kappa shape index (κ1) is 37.7. The highest BCUT2D eigenvalue weighted by Gasteiger charge is 2.45. The van der Waals surface area contributed by atoms with E-state index in [4.69, 9.17) is 4.74 Å². The maximum absolute atomic E-state index is 14.4. The Morgan fingerprint density at radius 2 is 1.58 bits per heavy atom. The van der Waals surface area contributed by atoms with E-state index < -0.39 is 41.0 Å². The topological polar surface area (TPSA) is 131 Å². The van der Waals surface area contributed by atoms with Gasteiger partial charge in [0.2, 0.25) is 0 Å². The molecule has 4 N–H and O–H groups in total. The van der Waals surface area contributed by atoms with Crippen molar-refractivity contribution < 1.29 is 29.4 Å². The van der Waals surface area contributed by atoms with Crippen LogP contribution < -0.4 is 10.7 Å². The normalized spacial score (nSPS) is 15.7. The van der Waals surface area contributed by atoms with Gasteiger partial charge < -0.3 is 15.2 Å². The molecule has 1 aromatic heterocycles. The molecule has 0 saturated carbocycles. The number of ether oxygens (including phenoxy) is 1. The third-order valence-corrected chi connectivity index (χ3v) is 10.8. The van der Waals surface area contributed by atoms with Crippen LogP contribution in [0.1, 0.15) is 55.5 Å². The van der Waals surface area contributed by atoms with Gasteiger partial charge in [0.1, 0.15) is 6.04 Å². The van der Waals surface area contributed by atoms with E-state index in [1.165, 1.54) is 22.2 Å². The molecule has 0 bridgehead atoms. The Balaban J connectivity index is 1.33. The summed E-state index contributed by atoms with van der Waals surface area (Å²) < 4.78 is 6.00. The minimum absolute atomic E-state index is 0.0929. The van der Waals surface area contributed by atoms with Crippen LogP contribution in [0.5, 0.6) is 0 Å². The molecule has 4 aromatic carbocycles. The first-order chi connectivity index (χ1) is 25.3. The fraction of sp³-hybridized carbons (Fsp3) is 0.310. The Hall–Kier alpha value is -5.07. The highest BCUT2D eigenvalue weighted by molar-refractivity contribution is 7.22. The second-order valence-electron chi connectivity index (χ2n) is 14.7. The number of methoxy groups -OCH3 is 1. The highest BCUT2D eigenvalue weighted by atomic mass is 32.1. The Morgan fingerprint density at radius 3 is 2.28 bits per heavy atom. The van der Waals surface area contributed by atoms with Crippen LogP contribution in [0.2, 0.25) is 0 Å². The average molecular weight is 735 g/mol. The number of fused-ring (bicyclic) bond motifs is 2. The predicted octanol–water partition coefficient (Wildman–Crippen LogP) is 7.05. The Bertz CT molecular complexity index is 2030. The van der Waals surface area contributed by atoms with Crippen LogP contribution in [0, 0.1) is 5.41 Å². The summed E-state index contributed by atoms with van der Waals surface area (Å²) >= 11 is 1.70.